The summed E-state index contributed by atoms with van der Waals surface area (Å²) in [5, 5.41) is 13.3. The van der Waals surface area contributed by atoms with Crippen LogP contribution in [-0.4, -0.2) is 15.7 Å². The lowest BCUT2D eigenvalue weighted by Crippen LogP contribution is -2.27. The van der Waals surface area contributed by atoms with Crippen LogP contribution in [0.4, 0.5) is 5.82 Å². The van der Waals surface area contributed by atoms with Crippen molar-refractivity contribution in [3.05, 3.63) is 21.9 Å². The summed E-state index contributed by atoms with van der Waals surface area (Å²) in [4.78, 5) is 1.48. The third-order valence-corrected chi connectivity index (χ3v) is 3.96. The number of hydrogen-bond donors (Lipinski definition) is 2. The van der Waals surface area contributed by atoms with Gasteiger partial charge in [0.15, 0.2) is 5.82 Å². The lowest BCUT2D eigenvalue weighted by Gasteiger charge is -2.22. The van der Waals surface area contributed by atoms with E-state index in [9.17, 15) is 0 Å². The van der Waals surface area contributed by atoms with Crippen molar-refractivity contribution in [1.29, 1.82) is 0 Å². The Morgan fingerprint density at radius 2 is 2.18 bits per heavy atom. The number of aromatic amines is 1. The summed E-state index contributed by atoms with van der Waals surface area (Å²) in [7, 11) is 0. The van der Waals surface area contributed by atoms with Crippen molar-refractivity contribution in [3.63, 3.8) is 0 Å². The number of nitrogens with zero attached hydrogens (tertiary/aromatic N) is 1. The average Bonchev–Trinajstić information content (AvgIpc) is 2.81. The molecule has 2 N–H and O–H groups in total. The van der Waals surface area contributed by atoms with Gasteiger partial charge in [-0.25, -0.2) is 0 Å². The van der Waals surface area contributed by atoms with Gasteiger partial charge in [-0.2, -0.15) is 5.10 Å². The minimum absolute atomic E-state index is 0.0535. The van der Waals surface area contributed by atoms with E-state index in [4.69, 9.17) is 0 Å². The molecule has 0 bridgehead atoms. The number of rotatable bonds is 1. The zero-order valence-corrected chi connectivity index (χ0v) is 11.2. The van der Waals surface area contributed by atoms with Gasteiger partial charge in [-0.3, -0.25) is 5.10 Å². The number of hydrogen-bond acceptors (Lipinski definition) is 3. The molecule has 1 aliphatic rings. The molecule has 0 spiro atoms. The molecule has 2 aromatic heterocycles. The fraction of sp³-hybridized carbons (Fsp3) is 0.462. The van der Waals surface area contributed by atoms with Gasteiger partial charge in [-0.15, -0.1) is 11.3 Å². The molecule has 17 heavy (non-hydrogen) atoms. The molecular formula is C13H17N3S. The van der Waals surface area contributed by atoms with Crippen molar-refractivity contribution in [1.82, 2.24) is 10.2 Å². The molecule has 3 nitrogen and oxygen atoms in total. The van der Waals surface area contributed by atoms with Crippen LogP contribution in [0.25, 0.3) is 11.3 Å². The minimum atomic E-state index is 0.0535. The third kappa shape index (κ3) is 1.86. The summed E-state index contributed by atoms with van der Waals surface area (Å²) < 4.78 is 0. The number of aryl methyl sites for hydroxylation is 1. The molecule has 0 fully saturated rings. The first-order valence-electron chi connectivity index (χ1n) is 5.97. The van der Waals surface area contributed by atoms with Gasteiger partial charge in [0.2, 0.25) is 0 Å². The second kappa shape index (κ2) is 3.60. The van der Waals surface area contributed by atoms with Gasteiger partial charge in [-0.1, -0.05) is 0 Å². The fourth-order valence-corrected chi connectivity index (χ4v) is 3.17. The highest BCUT2D eigenvalue weighted by Crippen LogP contribution is 2.38. The molecule has 3 rings (SSSR count). The van der Waals surface area contributed by atoms with E-state index < -0.39 is 0 Å². The topological polar surface area (TPSA) is 40.7 Å². The first-order chi connectivity index (χ1) is 8.04. The van der Waals surface area contributed by atoms with Crippen molar-refractivity contribution >= 4 is 17.2 Å². The van der Waals surface area contributed by atoms with Crippen molar-refractivity contribution < 1.29 is 0 Å². The van der Waals surface area contributed by atoms with E-state index in [-0.39, 0.29) is 5.54 Å². The van der Waals surface area contributed by atoms with Crippen molar-refractivity contribution in [2.45, 2.75) is 39.2 Å². The van der Waals surface area contributed by atoms with E-state index in [0.717, 1.165) is 18.7 Å². The van der Waals surface area contributed by atoms with Crippen molar-refractivity contribution in [3.8, 4) is 11.3 Å². The van der Waals surface area contributed by atoms with Gasteiger partial charge in [-0.05, 0) is 45.1 Å². The predicted molar refractivity (Wildman–Crippen MR) is 72.7 cm³/mol. The first kappa shape index (κ1) is 10.8. The van der Waals surface area contributed by atoms with Crippen molar-refractivity contribution in [2.75, 3.05) is 5.32 Å². The summed E-state index contributed by atoms with van der Waals surface area (Å²) in [6.07, 6.45) is 2.22. The highest BCUT2D eigenvalue weighted by Gasteiger charge is 2.24. The molecule has 0 saturated heterocycles. The highest BCUT2D eigenvalue weighted by molar-refractivity contribution is 7.10. The SMILES string of the molecule is CC(C)(C)Nc1n[nH]c2c1CCc1sccc1-2. The normalized spacial score (nSPS) is 14.3. The van der Waals surface area contributed by atoms with E-state index >= 15 is 0 Å². The van der Waals surface area contributed by atoms with Crippen LogP contribution in [0.2, 0.25) is 0 Å². The van der Waals surface area contributed by atoms with Crippen LogP contribution in [0.1, 0.15) is 31.2 Å². The highest BCUT2D eigenvalue weighted by atomic mass is 32.1. The molecular weight excluding hydrogens is 230 g/mol. The monoisotopic (exact) mass is 247 g/mol. The van der Waals surface area contributed by atoms with E-state index in [2.05, 4.69) is 47.7 Å². The fourth-order valence-electron chi connectivity index (χ4n) is 2.29. The molecule has 1 aliphatic carbocycles. The molecule has 0 aliphatic heterocycles. The molecule has 0 amide bonds. The van der Waals surface area contributed by atoms with Gasteiger partial charge in [0.25, 0.3) is 0 Å². The summed E-state index contributed by atoms with van der Waals surface area (Å²) >= 11 is 1.84. The minimum Gasteiger partial charge on any atom is -0.364 e. The maximum atomic E-state index is 4.43. The molecule has 2 heterocycles. The maximum Gasteiger partial charge on any atom is 0.152 e. The molecule has 4 heteroatoms. The Balaban J connectivity index is 2.03. The number of anilines is 1. The van der Waals surface area contributed by atoms with Crippen molar-refractivity contribution in [2.24, 2.45) is 0 Å². The Labute approximate surface area is 105 Å². The molecule has 90 valence electrons. The molecule has 0 radical (unpaired) electrons. The number of H-pyrrole nitrogens is 1. The second-order valence-corrected chi connectivity index (χ2v) is 6.56. The Kier molecular flexibility index (Phi) is 2.30. The zero-order chi connectivity index (χ0) is 12.0. The summed E-state index contributed by atoms with van der Waals surface area (Å²) in [5.41, 5.74) is 3.94. The van der Waals surface area contributed by atoms with Crippen LogP contribution in [0, 0.1) is 0 Å². The number of fused-ring (bicyclic) bond motifs is 3. The second-order valence-electron chi connectivity index (χ2n) is 5.56. The number of thiophene rings is 1. The van der Waals surface area contributed by atoms with E-state index in [1.807, 2.05) is 11.3 Å². The summed E-state index contributed by atoms with van der Waals surface area (Å²) in [6, 6.07) is 2.19. The van der Waals surface area contributed by atoms with Crippen LogP contribution >= 0.6 is 11.3 Å². The summed E-state index contributed by atoms with van der Waals surface area (Å²) in [6.45, 7) is 6.48. The smallest absolute Gasteiger partial charge is 0.152 e. The molecule has 0 atom stereocenters. The van der Waals surface area contributed by atoms with Gasteiger partial charge in [0, 0.05) is 21.5 Å². The van der Waals surface area contributed by atoms with Gasteiger partial charge in [0.1, 0.15) is 0 Å². The number of aromatic nitrogens is 2. The lowest BCUT2D eigenvalue weighted by atomic mass is 9.96. The average molecular weight is 247 g/mol. The van der Waals surface area contributed by atoms with E-state index in [0.29, 0.717) is 0 Å². The van der Waals surface area contributed by atoms with Crippen LogP contribution in [-0.2, 0) is 12.8 Å². The van der Waals surface area contributed by atoms with Gasteiger partial charge in [0.05, 0.1) is 5.69 Å². The number of nitrogens with one attached hydrogen (secondary N) is 2. The quantitative estimate of drug-likeness (QED) is 0.810. The van der Waals surface area contributed by atoms with Gasteiger partial charge < -0.3 is 5.32 Å². The Morgan fingerprint density at radius 3 is 2.94 bits per heavy atom. The largest absolute Gasteiger partial charge is 0.364 e. The molecule has 0 unspecified atom stereocenters. The molecule has 0 saturated carbocycles. The molecule has 2 aromatic rings. The lowest BCUT2D eigenvalue weighted by molar-refractivity contribution is 0.628. The van der Waals surface area contributed by atoms with Crippen LogP contribution in [0.15, 0.2) is 11.4 Å². The van der Waals surface area contributed by atoms with Crippen LogP contribution in [0.3, 0.4) is 0 Å². The first-order valence-corrected chi connectivity index (χ1v) is 6.85. The Morgan fingerprint density at radius 1 is 1.35 bits per heavy atom. The maximum absolute atomic E-state index is 4.43. The van der Waals surface area contributed by atoms with E-state index in [1.54, 1.807) is 0 Å². The zero-order valence-electron chi connectivity index (χ0n) is 10.4. The van der Waals surface area contributed by atoms with Crippen LogP contribution in [0.5, 0.6) is 0 Å². The van der Waals surface area contributed by atoms with Crippen LogP contribution < -0.4 is 5.32 Å². The standard InChI is InChI=1S/C13H17N3S/c1-13(2,3)14-12-9-4-5-10-8(6-7-17-10)11(9)15-16-12/h6-7H,4-5H2,1-3H3,(H2,14,15,16). The van der Waals surface area contributed by atoms with Gasteiger partial charge >= 0.3 is 0 Å². The molecule has 0 aromatic carbocycles. The Bertz CT molecular complexity index is 545. The third-order valence-electron chi connectivity index (χ3n) is 2.98. The van der Waals surface area contributed by atoms with E-state index in [1.165, 1.54) is 21.7 Å². The Hall–Kier alpha value is -1.29. The predicted octanol–water partition coefficient (Wildman–Crippen LogP) is 3.45. The summed E-state index contributed by atoms with van der Waals surface area (Å²) in [5.74, 6) is 1.02.